The van der Waals surface area contributed by atoms with Gasteiger partial charge in [0.1, 0.15) is 5.82 Å². The van der Waals surface area contributed by atoms with Crippen molar-refractivity contribution < 1.29 is 0 Å². The number of nitrogens with one attached hydrogen (secondary N) is 1. The van der Waals surface area contributed by atoms with Crippen LogP contribution in [0.4, 0.5) is 0 Å². The van der Waals surface area contributed by atoms with E-state index in [0.29, 0.717) is 10.8 Å². The summed E-state index contributed by atoms with van der Waals surface area (Å²) in [6.07, 6.45) is 0.935. The summed E-state index contributed by atoms with van der Waals surface area (Å²) in [7, 11) is 0. The van der Waals surface area contributed by atoms with Crippen LogP contribution >= 0.6 is 24.0 Å². The molecule has 0 saturated carbocycles. The molecule has 1 aliphatic heterocycles. The second kappa shape index (κ2) is 3.38. The Morgan fingerprint density at radius 2 is 2.43 bits per heavy atom. The molecule has 0 radical (unpaired) electrons. The van der Waals surface area contributed by atoms with Crippen molar-refractivity contribution in [1.82, 2.24) is 14.8 Å². The number of aryl methyl sites for hydroxylation is 1. The van der Waals surface area contributed by atoms with E-state index < -0.39 is 0 Å². The van der Waals surface area contributed by atoms with Crippen LogP contribution in [0, 0.1) is 4.77 Å². The molecule has 1 aromatic heterocycles. The maximum absolute atomic E-state index is 5.25. The number of thioether (sulfide) groups is 1. The summed E-state index contributed by atoms with van der Waals surface area (Å²) >= 11 is 7.24. The zero-order chi connectivity index (χ0) is 10.3. The monoisotopic (exact) mass is 229 g/mol. The molecule has 0 spiro atoms. The highest BCUT2D eigenvalue weighted by atomic mass is 32.2. The van der Waals surface area contributed by atoms with Crippen molar-refractivity contribution in [2.24, 2.45) is 0 Å². The topological polar surface area (TPSA) is 33.6 Å². The van der Waals surface area contributed by atoms with Gasteiger partial charge < -0.3 is 0 Å². The van der Waals surface area contributed by atoms with Crippen LogP contribution in [0.15, 0.2) is 0 Å². The zero-order valence-corrected chi connectivity index (χ0v) is 10.3. The first-order valence-electron chi connectivity index (χ1n) is 4.86. The van der Waals surface area contributed by atoms with Gasteiger partial charge in [-0.05, 0) is 26.1 Å². The molecular formula is C9H15N3S2. The summed E-state index contributed by atoms with van der Waals surface area (Å²) in [6.45, 7) is 6.64. The van der Waals surface area contributed by atoms with E-state index in [-0.39, 0.29) is 0 Å². The van der Waals surface area contributed by atoms with Gasteiger partial charge >= 0.3 is 0 Å². The second-order valence-corrected chi connectivity index (χ2v) is 6.16. The van der Waals surface area contributed by atoms with Crippen LogP contribution in [-0.2, 0) is 6.42 Å². The molecule has 1 aliphatic rings. The quantitative estimate of drug-likeness (QED) is 0.791. The van der Waals surface area contributed by atoms with Crippen LogP contribution in [0.3, 0.4) is 0 Å². The molecule has 14 heavy (non-hydrogen) atoms. The van der Waals surface area contributed by atoms with Gasteiger partial charge in [0.15, 0.2) is 4.77 Å². The predicted octanol–water partition coefficient (Wildman–Crippen LogP) is 2.57. The first-order chi connectivity index (χ1) is 6.56. The third-order valence-corrected chi connectivity index (χ3v) is 4.61. The largest absolute Gasteiger partial charge is 0.299 e. The molecule has 1 aromatic rings. The van der Waals surface area contributed by atoms with Crippen molar-refractivity contribution in [3.8, 4) is 0 Å². The van der Waals surface area contributed by atoms with Crippen LogP contribution in [0.5, 0.6) is 0 Å². The predicted molar refractivity (Wildman–Crippen MR) is 62.4 cm³/mol. The van der Waals surface area contributed by atoms with E-state index in [4.69, 9.17) is 12.2 Å². The number of H-pyrrole nitrogens is 1. The highest BCUT2D eigenvalue weighted by Gasteiger charge is 2.41. The molecule has 0 aliphatic carbocycles. The Morgan fingerprint density at radius 1 is 1.71 bits per heavy atom. The first-order valence-corrected chi connectivity index (χ1v) is 6.25. The van der Waals surface area contributed by atoms with Crippen LogP contribution in [0.1, 0.15) is 32.6 Å². The summed E-state index contributed by atoms with van der Waals surface area (Å²) in [5.74, 6) is 2.22. The fraction of sp³-hybridized carbons (Fsp3) is 0.778. The Bertz CT molecular complexity index is 391. The molecule has 5 heteroatoms. The summed E-state index contributed by atoms with van der Waals surface area (Å²) in [5.41, 5.74) is 0. The molecule has 1 N–H and O–H groups in total. The molecule has 2 heterocycles. The number of hydrogen-bond donors (Lipinski definition) is 1. The average Bonchev–Trinajstić information content (AvgIpc) is 2.47. The first kappa shape index (κ1) is 10.2. The highest BCUT2D eigenvalue weighted by molar-refractivity contribution is 8.02. The molecule has 1 fully saturated rings. The molecule has 1 atom stereocenters. The number of nitrogens with zero attached hydrogens (tertiary/aromatic N) is 2. The fourth-order valence-electron chi connectivity index (χ4n) is 1.78. The van der Waals surface area contributed by atoms with E-state index in [1.807, 2.05) is 11.8 Å². The van der Waals surface area contributed by atoms with Gasteiger partial charge in [-0.2, -0.15) is 16.9 Å². The van der Waals surface area contributed by atoms with Gasteiger partial charge in [-0.15, -0.1) is 0 Å². The van der Waals surface area contributed by atoms with Crippen LogP contribution in [-0.4, -0.2) is 25.3 Å². The van der Waals surface area contributed by atoms with E-state index >= 15 is 0 Å². The molecule has 1 unspecified atom stereocenters. The van der Waals surface area contributed by atoms with E-state index in [1.165, 1.54) is 0 Å². The minimum atomic E-state index is 0.298. The summed E-state index contributed by atoms with van der Waals surface area (Å²) in [6, 6.07) is 0.508. The van der Waals surface area contributed by atoms with Gasteiger partial charge in [-0.3, -0.25) is 9.67 Å². The van der Waals surface area contributed by atoms with Crippen molar-refractivity contribution in [3.05, 3.63) is 10.6 Å². The number of aromatic amines is 1. The molecular weight excluding hydrogens is 214 g/mol. The van der Waals surface area contributed by atoms with Crippen molar-refractivity contribution in [3.63, 3.8) is 0 Å². The maximum atomic E-state index is 5.25. The van der Waals surface area contributed by atoms with Gasteiger partial charge in [0, 0.05) is 16.9 Å². The van der Waals surface area contributed by atoms with E-state index in [2.05, 4.69) is 35.5 Å². The standard InChI is InChI=1S/C9H15N3S2/c1-4-7-10-11-8(13)12(7)6-5-14-9(6,2)3/h6H,4-5H2,1-3H3,(H,11,13). The molecule has 0 amide bonds. The highest BCUT2D eigenvalue weighted by Crippen LogP contribution is 2.48. The lowest BCUT2D eigenvalue weighted by atomic mass is 10.0. The maximum Gasteiger partial charge on any atom is 0.195 e. The van der Waals surface area contributed by atoms with Crippen LogP contribution in [0.2, 0.25) is 0 Å². The summed E-state index contributed by atoms with van der Waals surface area (Å²) in [4.78, 5) is 0. The van der Waals surface area contributed by atoms with Crippen molar-refractivity contribution >= 4 is 24.0 Å². The second-order valence-electron chi connectivity index (χ2n) is 4.10. The summed E-state index contributed by atoms with van der Waals surface area (Å²) in [5, 5.41) is 7.12. The Morgan fingerprint density at radius 3 is 2.86 bits per heavy atom. The van der Waals surface area contributed by atoms with Crippen molar-refractivity contribution in [1.29, 1.82) is 0 Å². The Balaban J connectivity index is 2.41. The minimum absolute atomic E-state index is 0.298. The van der Waals surface area contributed by atoms with Crippen molar-refractivity contribution in [2.75, 3.05) is 5.75 Å². The lowest BCUT2D eigenvalue weighted by Crippen LogP contribution is -2.42. The molecule has 1 saturated heterocycles. The van der Waals surface area contributed by atoms with Gasteiger partial charge in [0.05, 0.1) is 6.04 Å². The average molecular weight is 229 g/mol. The molecule has 0 aromatic carbocycles. The number of rotatable bonds is 2. The van der Waals surface area contributed by atoms with E-state index in [0.717, 1.165) is 22.8 Å². The SMILES string of the molecule is CCc1n[nH]c(=S)n1C1CSC1(C)C. The molecule has 78 valence electrons. The van der Waals surface area contributed by atoms with Crippen molar-refractivity contribution in [2.45, 2.75) is 38.0 Å². The van der Waals surface area contributed by atoms with Gasteiger partial charge in [0.2, 0.25) is 0 Å². The van der Waals surface area contributed by atoms with E-state index in [1.54, 1.807) is 0 Å². The Labute approximate surface area is 93.3 Å². The Hall–Kier alpha value is -0.290. The Kier molecular flexibility index (Phi) is 2.47. The molecule has 3 nitrogen and oxygen atoms in total. The third kappa shape index (κ3) is 1.42. The zero-order valence-electron chi connectivity index (χ0n) is 8.70. The van der Waals surface area contributed by atoms with Gasteiger partial charge in [-0.1, -0.05) is 6.92 Å². The lowest BCUT2D eigenvalue weighted by molar-refractivity contribution is 0.403. The third-order valence-electron chi connectivity index (χ3n) is 2.82. The van der Waals surface area contributed by atoms with Crippen LogP contribution < -0.4 is 0 Å². The number of aromatic nitrogens is 3. The lowest BCUT2D eigenvalue weighted by Gasteiger charge is -2.44. The van der Waals surface area contributed by atoms with Gasteiger partial charge in [-0.25, -0.2) is 0 Å². The van der Waals surface area contributed by atoms with E-state index in [9.17, 15) is 0 Å². The number of hydrogen-bond acceptors (Lipinski definition) is 3. The molecule has 0 bridgehead atoms. The molecule has 2 rings (SSSR count). The fourth-order valence-corrected chi connectivity index (χ4v) is 3.30. The smallest absolute Gasteiger partial charge is 0.195 e. The summed E-state index contributed by atoms with van der Waals surface area (Å²) < 4.78 is 3.25. The van der Waals surface area contributed by atoms with Crippen LogP contribution in [0.25, 0.3) is 0 Å². The van der Waals surface area contributed by atoms with Gasteiger partial charge in [0.25, 0.3) is 0 Å². The minimum Gasteiger partial charge on any atom is -0.299 e. The normalized spacial score (nSPS) is 24.6.